The van der Waals surface area contributed by atoms with E-state index in [4.69, 9.17) is 18.9 Å². The number of benzene rings is 2. The first-order valence-electron chi connectivity index (χ1n) is 12.6. The van der Waals surface area contributed by atoms with Gasteiger partial charge in [0.05, 0.1) is 50.5 Å². The van der Waals surface area contributed by atoms with Crippen molar-refractivity contribution in [1.29, 1.82) is 0 Å². The quantitative estimate of drug-likeness (QED) is 0.275. The fraction of sp³-hybridized carbons (Fsp3) is 0.346. The highest BCUT2D eigenvalue weighted by molar-refractivity contribution is 7.92. The number of hydrogen-bond acceptors (Lipinski definition) is 11. The summed E-state index contributed by atoms with van der Waals surface area (Å²) >= 11 is 0. The molecule has 0 aliphatic carbocycles. The third-order valence-electron chi connectivity index (χ3n) is 6.25. The van der Waals surface area contributed by atoms with Crippen molar-refractivity contribution >= 4 is 38.4 Å². The predicted molar refractivity (Wildman–Crippen MR) is 149 cm³/mol. The molecule has 1 aliphatic rings. The lowest BCUT2D eigenvalue weighted by atomic mass is 10.2. The summed E-state index contributed by atoms with van der Waals surface area (Å²) in [5, 5.41) is 3.06. The van der Waals surface area contributed by atoms with E-state index in [1.54, 1.807) is 49.1 Å². The number of sulfonamides is 1. The summed E-state index contributed by atoms with van der Waals surface area (Å²) in [6, 6.07) is 10.6. The van der Waals surface area contributed by atoms with Crippen molar-refractivity contribution in [2.24, 2.45) is 7.05 Å². The molecule has 0 unspecified atom stereocenters. The number of imidazole rings is 1. The number of nitrogens with zero attached hydrogens (tertiary/aromatic N) is 5. The number of anilines is 3. The third kappa shape index (κ3) is 6.19. The second-order valence-electron chi connectivity index (χ2n) is 9.03. The van der Waals surface area contributed by atoms with Gasteiger partial charge in [0.2, 0.25) is 0 Å². The molecule has 0 spiro atoms. The minimum atomic E-state index is -4.06. The molecule has 2 aromatic carbocycles. The number of ether oxygens (including phenoxy) is 4. The van der Waals surface area contributed by atoms with Gasteiger partial charge in [0.25, 0.3) is 10.0 Å². The SMILES string of the molecule is COc1cc(Nc2nc3ccccc3nc2NS(=O)(=O)c2cn(C)cn2)c(OCCN2CCOCC2)c(OC)c1. The van der Waals surface area contributed by atoms with Crippen molar-refractivity contribution in [3.05, 3.63) is 48.9 Å². The van der Waals surface area contributed by atoms with E-state index in [1.807, 2.05) is 6.07 Å². The molecule has 13 nitrogen and oxygen atoms in total. The highest BCUT2D eigenvalue weighted by Gasteiger charge is 2.23. The fourth-order valence-corrected chi connectivity index (χ4v) is 5.18. The number of aryl methyl sites for hydroxylation is 1. The van der Waals surface area contributed by atoms with Gasteiger partial charge in [-0.15, -0.1) is 0 Å². The van der Waals surface area contributed by atoms with Crippen LogP contribution in [0.25, 0.3) is 11.0 Å². The molecular formula is C26H31N7O6S. The summed E-state index contributed by atoms with van der Waals surface area (Å²) in [6.07, 6.45) is 2.81. The second kappa shape index (κ2) is 11.9. The van der Waals surface area contributed by atoms with Crippen LogP contribution in [0.4, 0.5) is 17.3 Å². The average Bonchev–Trinajstić information content (AvgIpc) is 3.41. The van der Waals surface area contributed by atoms with Gasteiger partial charge in [0, 0.05) is 45.0 Å². The van der Waals surface area contributed by atoms with Gasteiger partial charge in [-0.1, -0.05) is 12.1 Å². The first-order valence-corrected chi connectivity index (χ1v) is 14.1. The number of para-hydroxylation sites is 2. The van der Waals surface area contributed by atoms with Gasteiger partial charge in [0.15, 0.2) is 28.2 Å². The molecule has 1 aliphatic heterocycles. The average molecular weight is 570 g/mol. The smallest absolute Gasteiger partial charge is 0.282 e. The molecule has 14 heteroatoms. The Bertz CT molecular complexity index is 1590. The van der Waals surface area contributed by atoms with Gasteiger partial charge in [-0.05, 0) is 12.1 Å². The molecule has 5 rings (SSSR count). The van der Waals surface area contributed by atoms with E-state index < -0.39 is 10.0 Å². The number of hydrogen-bond donors (Lipinski definition) is 2. The lowest BCUT2D eigenvalue weighted by Gasteiger charge is -2.26. The van der Waals surface area contributed by atoms with E-state index >= 15 is 0 Å². The van der Waals surface area contributed by atoms with Crippen molar-refractivity contribution in [2.45, 2.75) is 5.03 Å². The highest BCUT2D eigenvalue weighted by Crippen LogP contribution is 2.41. The lowest BCUT2D eigenvalue weighted by molar-refractivity contribution is 0.0321. The summed E-state index contributed by atoms with van der Waals surface area (Å²) in [6.45, 7) is 4.14. The van der Waals surface area contributed by atoms with Crippen LogP contribution in [-0.2, 0) is 21.8 Å². The van der Waals surface area contributed by atoms with Gasteiger partial charge < -0.3 is 28.8 Å². The zero-order valence-electron chi connectivity index (χ0n) is 22.5. The molecule has 4 aromatic rings. The molecule has 2 aromatic heterocycles. The van der Waals surface area contributed by atoms with E-state index in [-0.39, 0.29) is 16.7 Å². The van der Waals surface area contributed by atoms with Crippen LogP contribution in [0.2, 0.25) is 0 Å². The van der Waals surface area contributed by atoms with Crippen LogP contribution in [0.1, 0.15) is 0 Å². The first-order chi connectivity index (χ1) is 19.4. The number of nitrogens with one attached hydrogen (secondary N) is 2. The van der Waals surface area contributed by atoms with E-state index in [1.165, 1.54) is 19.6 Å². The highest BCUT2D eigenvalue weighted by atomic mass is 32.2. The number of rotatable bonds is 11. The fourth-order valence-electron chi connectivity index (χ4n) is 4.18. The van der Waals surface area contributed by atoms with E-state index in [9.17, 15) is 8.42 Å². The molecule has 0 radical (unpaired) electrons. The maximum absolute atomic E-state index is 13.2. The minimum absolute atomic E-state index is 0.00888. The Kier molecular flexibility index (Phi) is 8.19. The molecule has 1 saturated heterocycles. The number of morpholine rings is 1. The Morgan fingerprint density at radius 2 is 1.75 bits per heavy atom. The minimum Gasteiger partial charge on any atom is -0.497 e. The van der Waals surface area contributed by atoms with Crippen molar-refractivity contribution in [2.75, 3.05) is 63.7 Å². The Balaban J connectivity index is 1.51. The van der Waals surface area contributed by atoms with Crippen LogP contribution < -0.4 is 24.2 Å². The molecule has 0 amide bonds. The topological polar surface area (TPSA) is 142 Å². The van der Waals surface area contributed by atoms with E-state index in [0.29, 0.717) is 60.3 Å². The number of methoxy groups -OCH3 is 2. The van der Waals surface area contributed by atoms with Gasteiger partial charge in [-0.2, -0.15) is 8.42 Å². The second-order valence-corrected chi connectivity index (χ2v) is 10.7. The summed E-state index contributed by atoms with van der Waals surface area (Å²) in [4.78, 5) is 15.5. The molecule has 3 heterocycles. The molecule has 2 N–H and O–H groups in total. The largest absolute Gasteiger partial charge is 0.497 e. The van der Waals surface area contributed by atoms with Gasteiger partial charge in [0.1, 0.15) is 12.4 Å². The van der Waals surface area contributed by atoms with Crippen LogP contribution in [0.3, 0.4) is 0 Å². The van der Waals surface area contributed by atoms with E-state index in [0.717, 1.165) is 13.1 Å². The molecule has 0 bridgehead atoms. The summed E-state index contributed by atoms with van der Waals surface area (Å²) < 4.78 is 53.1. The molecule has 1 fully saturated rings. The summed E-state index contributed by atoms with van der Waals surface area (Å²) in [7, 11) is 0.706. The summed E-state index contributed by atoms with van der Waals surface area (Å²) in [5.41, 5.74) is 1.54. The van der Waals surface area contributed by atoms with E-state index in [2.05, 4.69) is 29.9 Å². The first kappa shape index (κ1) is 27.4. The van der Waals surface area contributed by atoms with Crippen LogP contribution in [-0.4, -0.2) is 86.5 Å². The molecule has 0 atom stereocenters. The van der Waals surface area contributed by atoms with Crippen LogP contribution in [0.5, 0.6) is 17.2 Å². The summed E-state index contributed by atoms with van der Waals surface area (Å²) in [5.74, 6) is 1.51. The monoisotopic (exact) mass is 569 g/mol. The van der Waals surface area contributed by atoms with Gasteiger partial charge in [-0.25, -0.2) is 15.0 Å². The molecular weight excluding hydrogens is 538 g/mol. The standard InChI is InChI=1S/C26H31N7O6S/c1-32-16-23(27-17-32)40(34,35)31-26-25(28-19-6-4-5-7-20(19)29-26)30-21-14-18(36-2)15-22(37-3)24(21)39-13-10-33-8-11-38-12-9-33/h4-7,14-17H,8-13H2,1-3H3,(H,28,30)(H,29,31). The Labute approximate surface area is 232 Å². The Hall–Kier alpha value is -4.14. The molecule has 0 saturated carbocycles. The van der Waals surface area contributed by atoms with Crippen LogP contribution in [0, 0.1) is 0 Å². The maximum atomic E-state index is 13.2. The Morgan fingerprint density at radius 3 is 2.40 bits per heavy atom. The Morgan fingerprint density at radius 1 is 1.02 bits per heavy atom. The third-order valence-corrected chi connectivity index (χ3v) is 7.48. The predicted octanol–water partition coefficient (Wildman–Crippen LogP) is 2.64. The van der Waals surface area contributed by atoms with Gasteiger partial charge in [-0.3, -0.25) is 9.62 Å². The molecule has 40 heavy (non-hydrogen) atoms. The van der Waals surface area contributed by atoms with Crippen molar-refractivity contribution in [3.8, 4) is 17.2 Å². The van der Waals surface area contributed by atoms with Crippen LogP contribution in [0.15, 0.2) is 53.9 Å². The normalized spacial score (nSPS) is 14.2. The molecule has 212 valence electrons. The van der Waals surface area contributed by atoms with Crippen molar-refractivity contribution in [1.82, 2.24) is 24.4 Å². The lowest BCUT2D eigenvalue weighted by Crippen LogP contribution is -2.38. The zero-order chi connectivity index (χ0) is 28.1. The zero-order valence-corrected chi connectivity index (χ0v) is 23.3. The number of fused-ring (bicyclic) bond motifs is 1. The number of aromatic nitrogens is 4. The van der Waals surface area contributed by atoms with Crippen molar-refractivity contribution < 1.29 is 27.4 Å². The van der Waals surface area contributed by atoms with Crippen molar-refractivity contribution in [3.63, 3.8) is 0 Å². The van der Waals surface area contributed by atoms with Crippen LogP contribution >= 0.6 is 0 Å². The van der Waals surface area contributed by atoms with Gasteiger partial charge >= 0.3 is 0 Å². The maximum Gasteiger partial charge on any atom is 0.282 e.